The van der Waals surface area contributed by atoms with Crippen LogP contribution in [0.4, 0.5) is 5.69 Å². The van der Waals surface area contributed by atoms with Gasteiger partial charge in [0.25, 0.3) is 0 Å². The molecule has 0 saturated carbocycles. The van der Waals surface area contributed by atoms with Gasteiger partial charge < -0.3 is 19.5 Å². The highest BCUT2D eigenvalue weighted by Gasteiger charge is 2.22. The molecule has 2 aliphatic heterocycles. The number of anilines is 1. The Balaban J connectivity index is 1.43. The normalized spacial score (nSPS) is 20.6. The molecule has 0 spiro atoms. The largest absolute Gasteiger partial charge is 0.478 e. The smallest absolute Gasteiger partial charge is 0.335 e. The SMILES string of the molecule is O=C(O)c1ccc(N2CCC(CCC3OCCCO3)CC2)cc1. The molecular weight excluding hydrogens is 294 g/mol. The lowest BCUT2D eigenvalue weighted by Crippen LogP contribution is -2.34. The number of hydrogen-bond donors (Lipinski definition) is 1. The van der Waals surface area contributed by atoms with Crippen molar-refractivity contribution in [1.29, 1.82) is 0 Å². The molecular formula is C18H25NO4. The zero-order valence-electron chi connectivity index (χ0n) is 13.4. The third kappa shape index (κ3) is 4.45. The molecule has 0 atom stereocenters. The molecule has 2 aliphatic rings. The molecule has 2 saturated heterocycles. The van der Waals surface area contributed by atoms with Crippen LogP contribution in [0.3, 0.4) is 0 Å². The summed E-state index contributed by atoms with van der Waals surface area (Å²) in [4.78, 5) is 13.2. The van der Waals surface area contributed by atoms with Crippen molar-refractivity contribution in [3.63, 3.8) is 0 Å². The maximum Gasteiger partial charge on any atom is 0.335 e. The zero-order valence-corrected chi connectivity index (χ0v) is 13.4. The fourth-order valence-electron chi connectivity index (χ4n) is 3.37. The van der Waals surface area contributed by atoms with Gasteiger partial charge in [0.1, 0.15) is 0 Å². The van der Waals surface area contributed by atoms with E-state index in [0.717, 1.165) is 57.2 Å². The predicted octanol–water partition coefficient (Wildman–Crippen LogP) is 3.14. The second-order valence-electron chi connectivity index (χ2n) is 6.38. The molecule has 126 valence electrons. The lowest BCUT2D eigenvalue weighted by Gasteiger charge is -2.34. The number of hydrogen-bond acceptors (Lipinski definition) is 4. The summed E-state index contributed by atoms with van der Waals surface area (Å²) >= 11 is 0. The molecule has 0 unspecified atom stereocenters. The topological polar surface area (TPSA) is 59.0 Å². The summed E-state index contributed by atoms with van der Waals surface area (Å²) < 4.78 is 11.2. The Hall–Kier alpha value is -1.59. The highest BCUT2D eigenvalue weighted by molar-refractivity contribution is 5.88. The van der Waals surface area contributed by atoms with E-state index < -0.39 is 5.97 Å². The summed E-state index contributed by atoms with van der Waals surface area (Å²) in [5.41, 5.74) is 1.46. The molecule has 0 amide bonds. The molecule has 2 heterocycles. The van der Waals surface area contributed by atoms with E-state index in [4.69, 9.17) is 14.6 Å². The van der Waals surface area contributed by atoms with Gasteiger partial charge >= 0.3 is 5.97 Å². The Kier molecular flexibility index (Phi) is 5.51. The van der Waals surface area contributed by atoms with Crippen LogP contribution >= 0.6 is 0 Å². The second-order valence-corrected chi connectivity index (χ2v) is 6.38. The molecule has 2 fully saturated rings. The van der Waals surface area contributed by atoms with Crippen LogP contribution in [0.1, 0.15) is 42.5 Å². The van der Waals surface area contributed by atoms with Gasteiger partial charge in [0, 0.05) is 18.8 Å². The summed E-state index contributed by atoms with van der Waals surface area (Å²) in [5, 5.41) is 8.95. The quantitative estimate of drug-likeness (QED) is 0.903. The van der Waals surface area contributed by atoms with E-state index in [1.165, 1.54) is 12.8 Å². The number of piperidine rings is 1. The Morgan fingerprint density at radius 1 is 1.09 bits per heavy atom. The first kappa shape index (κ1) is 16.3. The van der Waals surface area contributed by atoms with E-state index in [-0.39, 0.29) is 6.29 Å². The van der Waals surface area contributed by atoms with Crippen molar-refractivity contribution < 1.29 is 19.4 Å². The summed E-state index contributed by atoms with van der Waals surface area (Å²) in [6.45, 7) is 3.72. The van der Waals surface area contributed by atoms with Crippen LogP contribution in [0.2, 0.25) is 0 Å². The summed E-state index contributed by atoms with van der Waals surface area (Å²) in [7, 11) is 0. The van der Waals surface area contributed by atoms with Gasteiger partial charge in [0.15, 0.2) is 6.29 Å². The first-order chi connectivity index (χ1) is 11.2. The Morgan fingerprint density at radius 3 is 2.35 bits per heavy atom. The lowest BCUT2D eigenvalue weighted by molar-refractivity contribution is -0.182. The standard InChI is InChI=1S/C18H25NO4/c20-18(21)15-3-5-16(6-4-15)19-10-8-14(9-11-19)2-7-17-22-12-1-13-23-17/h3-6,14,17H,1-2,7-13H2,(H,20,21). The van der Waals surface area contributed by atoms with Crippen LogP contribution in [0.25, 0.3) is 0 Å². The maximum atomic E-state index is 10.9. The van der Waals surface area contributed by atoms with E-state index in [2.05, 4.69) is 4.90 Å². The van der Waals surface area contributed by atoms with Crippen molar-refractivity contribution in [3.05, 3.63) is 29.8 Å². The molecule has 23 heavy (non-hydrogen) atoms. The van der Waals surface area contributed by atoms with Crippen molar-refractivity contribution >= 4 is 11.7 Å². The number of rotatable bonds is 5. The molecule has 3 rings (SSSR count). The van der Waals surface area contributed by atoms with Gasteiger partial charge in [-0.25, -0.2) is 4.79 Å². The van der Waals surface area contributed by atoms with Crippen LogP contribution in [-0.2, 0) is 9.47 Å². The number of benzene rings is 1. The van der Waals surface area contributed by atoms with Gasteiger partial charge in [-0.3, -0.25) is 0 Å². The number of ether oxygens (including phenoxy) is 2. The van der Waals surface area contributed by atoms with Crippen LogP contribution in [-0.4, -0.2) is 43.7 Å². The van der Waals surface area contributed by atoms with E-state index in [0.29, 0.717) is 5.56 Å². The van der Waals surface area contributed by atoms with Crippen molar-refractivity contribution in [2.75, 3.05) is 31.2 Å². The third-order valence-corrected chi connectivity index (χ3v) is 4.80. The molecule has 0 bridgehead atoms. The molecule has 5 nitrogen and oxygen atoms in total. The highest BCUT2D eigenvalue weighted by atomic mass is 16.7. The van der Waals surface area contributed by atoms with Gasteiger partial charge in [0.05, 0.1) is 18.8 Å². The maximum absolute atomic E-state index is 10.9. The molecule has 0 aromatic heterocycles. The Morgan fingerprint density at radius 2 is 1.74 bits per heavy atom. The van der Waals surface area contributed by atoms with Crippen molar-refractivity contribution in [2.45, 2.75) is 38.4 Å². The summed E-state index contributed by atoms with van der Waals surface area (Å²) in [6, 6.07) is 7.18. The van der Waals surface area contributed by atoms with Crippen LogP contribution in [0, 0.1) is 5.92 Å². The fraction of sp³-hybridized carbons (Fsp3) is 0.611. The number of carboxylic acid groups (broad SMARTS) is 1. The van der Waals surface area contributed by atoms with Crippen molar-refractivity contribution in [2.24, 2.45) is 5.92 Å². The minimum absolute atomic E-state index is 0.00495. The number of carbonyl (C=O) groups is 1. The average Bonchev–Trinajstić information content (AvgIpc) is 2.61. The van der Waals surface area contributed by atoms with Crippen LogP contribution < -0.4 is 4.90 Å². The van der Waals surface area contributed by atoms with Gasteiger partial charge in [0.2, 0.25) is 0 Å². The third-order valence-electron chi connectivity index (χ3n) is 4.80. The monoisotopic (exact) mass is 319 g/mol. The van der Waals surface area contributed by atoms with Crippen molar-refractivity contribution in [3.8, 4) is 0 Å². The Bertz CT molecular complexity index is 502. The van der Waals surface area contributed by atoms with Crippen molar-refractivity contribution in [1.82, 2.24) is 0 Å². The fourth-order valence-corrected chi connectivity index (χ4v) is 3.37. The van der Waals surface area contributed by atoms with E-state index in [9.17, 15) is 4.79 Å². The minimum atomic E-state index is -0.873. The second kappa shape index (κ2) is 7.79. The van der Waals surface area contributed by atoms with Gasteiger partial charge in [-0.2, -0.15) is 0 Å². The van der Waals surface area contributed by atoms with Gasteiger partial charge in [-0.15, -0.1) is 0 Å². The highest BCUT2D eigenvalue weighted by Crippen LogP contribution is 2.27. The van der Waals surface area contributed by atoms with Gasteiger partial charge in [-0.05, 0) is 62.3 Å². The van der Waals surface area contributed by atoms with E-state index >= 15 is 0 Å². The molecule has 1 aromatic rings. The average molecular weight is 319 g/mol. The minimum Gasteiger partial charge on any atom is -0.478 e. The zero-order chi connectivity index (χ0) is 16.1. The number of nitrogens with zero attached hydrogens (tertiary/aromatic N) is 1. The number of aromatic carboxylic acids is 1. The molecule has 1 aromatic carbocycles. The molecule has 0 radical (unpaired) electrons. The number of carboxylic acids is 1. The first-order valence-electron chi connectivity index (χ1n) is 8.54. The Labute approximate surface area is 137 Å². The molecule has 5 heteroatoms. The predicted molar refractivity (Wildman–Crippen MR) is 87.9 cm³/mol. The summed E-state index contributed by atoms with van der Waals surface area (Å²) in [6.07, 6.45) is 5.52. The van der Waals surface area contributed by atoms with Gasteiger partial charge in [-0.1, -0.05) is 0 Å². The molecule has 1 N–H and O–H groups in total. The van der Waals surface area contributed by atoms with Crippen LogP contribution in [0.5, 0.6) is 0 Å². The molecule has 0 aliphatic carbocycles. The van der Waals surface area contributed by atoms with Crippen LogP contribution in [0.15, 0.2) is 24.3 Å². The lowest BCUT2D eigenvalue weighted by atomic mass is 9.91. The van der Waals surface area contributed by atoms with E-state index in [1.54, 1.807) is 12.1 Å². The first-order valence-corrected chi connectivity index (χ1v) is 8.54. The van der Waals surface area contributed by atoms with E-state index in [1.807, 2.05) is 12.1 Å². The summed E-state index contributed by atoms with van der Waals surface area (Å²) in [5.74, 6) is -0.138.